The van der Waals surface area contributed by atoms with Gasteiger partial charge in [0.05, 0.1) is 5.76 Å². The fourth-order valence-corrected chi connectivity index (χ4v) is 2.74. The molecular formula is C18H16FNO. The second kappa shape index (κ2) is 5.44. The summed E-state index contributed by atoms with van der Waals surface area (Å²) in [6.45, 7) is 3.61. The predicted molar refractivity (Wildman–Crippen MR) is 82.9 cm³/mol. The van der Waals surface area contributed by atoms with E-state index in [4.69, 9.17) is 0 Å². The maximum Gasteiger partial charge on any atom is 0.125 e. The van der Waals surface area contributed by atoms with Gasteiger partial charge in [0.1, 0.15) is 5.82 Å². The van der Waals surface area contributed by atoms with Crippen molar-refractivity contribution in [3.05, 3.63) is 84.0 Å². The lowest BCUT2D eigenvalue weighted by molar-refractivity contribution is 0.384. The Morgan fingerprint density at radius 1 is 1.19 bits per heavy atom. The second-order valence-corrected chi connectivity index (χ2v) is 5.17. The zero-order chi connectivity index (χ0) is 14.8. The SMILES string of the molecule is C=C(O)CC(c1ccccc1)c1c[nH]c2cc(F)ccc12. The first-order valence-corrected chi connectivity index (χ1v) is 6.83. The molecule has 3 rings (SSSR count). The number of H-pyrrole nitrogens is 1. The lowest BCUT2D eigenvalue weighted by atomic mass is 9.88. The summed E-state index contributed by atoms with van der Waals surface area (Å²) in [5.41, 5.74) is 2.89. The summed E-state index contributed by atoms with van der Waals surface area (Å²) >= 11 is 0. The van der Waals surface area contributed by atoms with Crippen molar-refractivity contribution in [2.45, 2.75) is 12.3 Å². The number of rotatable bonds is 4. The fourth-order valence-electron chi connectivity index (χ4n) is 2.74. The van der Waals surface area contributed by atoms with Crippen molar-refractivity contribution < 1.29 is 9.50 Å². The Morgan fingerprint density at radius 2 is 1.95 bits per heavy atom. The Kier molecular flexibility index (Phi) is 3.48. The quantitative estimate of drug-likeness (QED) is 0.655. The summed E-state index contributed by atoms with van der Waals surface area (Å²) in [5, 5.41) is 10.6. The van der Waals surface area contributed by atoms with E-state index in [-0.39, 0.29) is 17.5 Å². The van der Waals surface area contributed by atoms with Crippen molar-refractivity contribution in [1.29, 1.82) is 0 Å². The highest BCUT2D eigenvalue weighted by Crippen LogP contribution is 2.34. The number of nitrogens with one attached hydrogen (secondary N) is 1. The number of benzene rings is 2. The molecule has 2 aromatic carbocycles. The van der Waals surface area contributed by atoms with Crippen LogP contribution in [0.3, 0.4) is 0 Å². The number of aliphatic hydroxyl groups is 1. The molecule has 0 radical (unpaired) electrons. The van der Waals surface area contributed by atoms with Crippen molar-refractivity contribution in [3.63, 3.8) is 0 Å². The summed E-state index contributed by atoms with van der Waals surface area (Å²) in [6, 6.07) is 14.6. The summed E-state index contributed by atoms with van der Waals surface area (Å²) in [7, 11) is 0. The molecule has 1 heterocycles. The molecule has 0 fully saturated rings. The summed E-state index contributed by atoms with van der Waals surface area (Å²) in [4.78, 5) is 3.10. The van der Waals surface area contributed by atoms with Gasteiger partial charge in [-0.15, -0.1) is 0 Å². The van der Waals surface area contributed by atoms with Crippen LogP contribution >= 0.6 is 0 Å². The zero-order valence-electron chi connectivity index (χ0n) is 11.5. The van der Waals surface area contributed by atoms with Crippen LogP contribution in [0.4, 0.5) is 4.39 Å². The average molecular weight is 281 g/mol. The van der Waals surface area contributed by atoms with Crippen LogP contribution in [0.1, 0.15) is 23.5 Å². The number of halogens is 1. The molecule has 2 N–H and O–H groups in total. The monoisotopic (exact) mass is 281 g/mol. The molecule has 106 valence electrons. The molecule has 0 aliphatic rings. The zero-order valence-corrected chi connectivity index (χ0v) is 11.5. The van der Waals surface area contributed by atoms with Gasteiger partial charge in [0.2, 0.25) is 0 Å². The van der Waals surface area contributed by atoms with Gasteiger partial charge in [-0.2, -0.15) is 0 Å². The van der Waals surface area contributed by atoms with Gasteiger partial charge in [-0.1, -0.05) is 36.9 Å². The number of allylic oxidation sites excluding steroid dienone is 1. The Labute approximate surface area is 122 Å². The first-order valence-electron chi connectivity index (χ1n) is 6.83. The van der Waals surface area contributed by atoms with E-state index in [9.17, 15) is 9.50 Å². The molecule has 3 aromatic rings. The standard InChI is InChI=1S/C18H16FNO/c1-12(21)9-16(13-5-3-2-4-6-13)17-11-20-18-10-14(19)7-8-15(17)18/h2-8,10-11,16,20-21H,1,9H2. The highest BCUT2D eigenvalue weighted by molar-refractivity contribution is 5.84. The predicted octanol–water partition coefficient (Wildman–Crippen LogP) is 4.90. The third-order valence-corrected chi connectivity index (χ3v) is 3.69. The maximum absolute atomic E-state index is 13.3. The minimum atomic E-state index is -0.265. The van der Waals surface area contributed by atoms with E-state index < -0.39 is 0 Å². The van der Waals surface area contributed by atoms with Crippen LogP contribution in [0.15, 0.2) is 67.1 Å². The van der Waals surface area contributed by atoms with Gasteiger partial charge in [0.15, 0.2) is 0 Å². The molecule has 1 atom stereocenters. The molecule has 0 aliphatic heterocycles. The van der Waals surface area contributed by atoms with Crippen LogP contribution in [0.25, 0.3) is 10.9 Å². The van der Waals surface area contributed by atoms with Crippen molar-refractivity contribution in [1.82, 2.24) is 4.98 Å². The lowest BCUT2D eigenvalue weighted by Crippen LogP contribution is -2.01. The third-order valence-electron chi connectivity index (χ3n) is 3.69. The van der Waals surface area contributed by atoms with Crippen molar-refractivity contribution >= 4 is 10.9 Å². The lowest BCUT2D eigenvalue weighted by Gasteiger charge is -2.16. The van der Waals surface area contributed by atoms with Gasteiger partial charge in [-0.3, -0.25) is 0 Å². The molecule has 1 aromatic heterocycles. The Bertz CT molecular complexity index is 776. The molecule has 0 aliphatic carbocycles. The molecule has 0 spiro atoms. The van der Waals surface area contributed by atoms with Crippen LogP contribution in [0.5, 0.6) is 0 Å². The topological polar surface area (TPSA) is 36.0 Å². The van der Waals surface area contributed by atoms with E-state index in [1.54, 1.807) is 6.07 Å². The molecule has 21 heavy (non-hydrogen) atoms. The number of hydrogen-bond acceptors (Lipinski definition) is 1. The summed E-state index contributed by atoms with van der Waals surface area (Å²) < 4.78 is 13.3. The van der Waals surface area contributed by atoms with Crippen molar-refractivity contribution in [2.24, 2.45) is 0 Å². The second-order valence-electron chi connectivity index (χ2n) is 5.17. The molecule has 0 bridgehead atoms. The van der Waals surface area contributed by atoms with E-state index >= 15 is 0 Å². The van der Waals surface area contributed by atoms with Gasteiger partial charge < -0.3 is 10.1 Å². The molecular weight excluding hydrogens is 265 g/mol. The largest absolute Gasteiger partial charge is 0.513 e. The summed E-state index contributed by atoms with van der Waals surface area (Å²) in [5.74, 6) is -0.137. The number of aromatic nitrogens is 1. The van der Waals surface area contributed by atoms with Gasteiger partial charge in [-0.25, -0.2) is 4.39 Å². The minimum Gasteiger partial charge on any atom is -0.513 e. The number of hydrogen-bond donors (Lipinski definition) is 2. The molecule has 0 saturated carbocycles. The molecule has 0 saturated heterocycles. The normalized spacial score (nSPS) is 12.4. The molecule has 1 unspecified atom stereocenters. The van der Waals surface area contributed by atoms with Crippen LogP contribution in [0, 0.1) is 5.82 Å². The van der Waals surface area contributed by atoms with Gasteiger partial charge in [-0.05, 0) is 29.3 Å². The number of aliphatic hydroxyl groups excluding tert-OH is 1. The van der Waals surface area contributed by atoms with Gasteiger partial charge in [0, 0.05) is 29.4 Å². The van der Waals surface area contributed by atoms with Gasteiger partial charge >= 0.3 is 0 Å². The highest BCUT2D eigenvalue weighted by Gasteiger charge is 2.19. The fraction of sp³-hybridized carbons (Fsp3) is 0.111. The Morgan fingerprint density at radius 3 is 2.67 bits per heavy atom. The number of fused-ring (bicyclic) bond motifs is 1. The average Bonchev–Trinajstić information content (AvgIpc) is 2.88. The molecule has 3 heteroatoms. The van der Waals surface area contributed by atoms with Crippen LogP contribution in [-0.2, 0) is 0 Å². The van der Waals surface area contributed by atoms with E-state index in [0.717, 1.165) is 22.0 Å². The van der Waals surface area contributed by atoms with Gasteiger partial charge in [0.25, 0.3) is 0 Å². The van der Waals surface area contributed by atoms with Crippen molar-refractivity contribution in [3.8, 4) is 0 Å². The number of aromatic amines is 1. The van der Waals surface area contributed by atoms with E-state index in [1.165, 1.54) is 12.1 Å². The smallest absolute Gasteiger partial charge is 0.125 e. The minimum absolute atomic E-state index is 0.0112. The highest BCUT2D eigenvalue weighted by atomic mass is 19.1. The van der Waals surface area contributed by atoms with Crippen molar-refractivity contribution in [2.75, 3.05) is 0 Å². The van der Waals surface area contributed by atoms with Crippen LogP contribution in [-0.4, -0.2) is 10.1 Å². The molecule has 2 nitrogen and oxygen atoms in total. The maximum atomic E-state index is 13.3. The van der Waals surface area contributed by atoms with E-state index in [2.05, 4.69) is 11.6 Å². The first kappa shape index (κ1) is 13.4. The summed E-state index contributed by atoms with van der Waals surface area (Å²) in [6.07, 6.45) is 2.32. The Balaban J connectivity index is 2.12. The van der Waals surface area contributed by atoms with Crippen LogP contribution < -0.4 is 0 Å². The molecule has 0 amide bonds. The van der Waals surface area contributed by atoms with E-state index in [0.29, 0.717) is 6.42 Å². The van der Waals surface area contributed by atoms with E-state index in [1.807, 2.05) is 36.5 Å². The Hall–Kier alpha value is -2.55. The third kappa shape index (κ3) is 2.68. The first-order chi connectivity index (χ1) is 10.1. The van der Waals surface area contributed by atoms with Crippen LogP contribution in [0.2, 0.25) is 0 Å².